The van der Waals surface area contributed by atoms with Crippen LogP contribution in [0.1, 0.15) is 22.5 Å². The Morgan fingerprint density at radius 2 is 1.97 bits per heavy atom. The summed E-state index contributed by atoms with van der Waals surface area (Å²) in [4.78, 5) is 20.7. The third-order valence-corrected chi connectivity index (χ3v) is 4.48. The molecule has 0 radical (unpaired) electrons. The number of pyridine rings is 1. The van der Waals surface area contributed by atoms with Gasteiger partial charge >= 0.3 is 6.09 Å². The van der Waals surface area contributed by atoms with Crippen molar-refractivity contribution in [1.29, 1.82) is 0 Å². The lowest BCUT2D eigenvalue weighted by atomic mass is 10.1. The molecule has 0 saturated carbocycles. The average Bonchev–Trinajstić information content (AvgIpc) is 2.59. The number of aromatic nitrogens is 1. The molecule has 4 N–H and O–H groups in total. The van der Waals surface area contributed by atoms with E-state index in [-0.39, 0.29) is 18.5 Å². The number of amides is 1. The van der Waals surface area contributed by atoms with Gasteiger partial charge in [-0.3, -0.25) is 4.98 Å². The summed E-state index contributed by atoms with van der Waals surface area (Å²) < 4.78 is 25.1. The molecule has 1 saturated heterocycles. The molecular weight excluding hydrogens is 377 g/mol. The third kappa shape index (κ3) is 5.41. The number of anilines is 1. The highest BCUT2D eigenvalue weighted by Crippen LogP contribution is 2.28. The van der Waals surface area contributed by atoms with Gasteiger partial charge in [0.1, 0.15) is 0 Å². The summed E-state index contributed by atoms with van der Waals surface area (Å²) in [5, 5.41) is 0. The SMILES string of the molecule is Cc1cc(COC2CN(c3cccc(CN=C(N)OC(N)=O)c3F)C2)cc(C)n1. The molecule has 1 aliphatic heterocycles. The fraction of sp³-hybridized carbons (Fsp3) is 0.350. The summed E-state index contributed by atoms with van der Waals surface area (Å²) >= 11 is 0. The number of nitrogens with two attached hydrogens (primary N) is 2. The Morgan fingerprint density at radius 3 is 2.62 bits per heavy atom. The lowest BCUT2D eigenvalue weighted by Gasteiger charge is -2.41. The highest BCUT2D eigenvalue weighted by atomic mass is 19.1. The molecule has 1 aromatic carbocycles. The van der Waals surface area contributed by atoms with E-state index in [4.69, 9.17) is 16.2 Å². The van der Waals surface area contributed by atoms with Gasteiger partial charge in [0.05, 0.1) is 24.9 Å². The topological polar surface area (TPSA) is 116 Å². The summed E-state index contributed by atoms with van der Waals surface area (Å²) in [6.07, 6.45) is -1.03. The first-order valence-corrected chi connectivity index (χ1v) is 9.17. The van der Waals surface area contributed by atoms with Gasteiger partial charge < -0.3 is 25.8 Å². The lowest BCUT2D eigenvalue weighted by Crippen LogP contribution is -2.52. The number of ether oxygens (including phenoxy) is 2. The number of carbonyl (C=O) groups excluding carboxylic acids is 1. The van der Waals surface area contributed by atoms with Gasteiger partial charge in [0, 0.05) is 30.0 Å². The molecular formula is C20H24FN5O3. The van der Waals surface area contributed by atoms with Crippen LogP contribution in [0.5, 0.6) is 0 Å². The first-order valence-electron chi connectivity index (χ1n) is 9.17. The molecule has 29 heavy (non-hydrogen) atoms. The maximum atomic E-state index is 14.8. The minimum atomic E-state index is -1.07. The van der Waals surface area contributed by atoms with Crippen LogP contribution in [0.15, 0.2) is 35.3 Å². The van der Waals surface area contributed by atoms with Gasteiger partial charge in [0.25, 0.3) is 6.02 Å². The van der Waals surface area contributed by atoms with Crippen LogP contribution in [0.3, 0.4) is 0 Å². The predicted molar refractivity (Wildman–Crippen MR) is 107 cm³/mol. The van der Waals surface area contributed by atoms with Crippen molar-refractivity contribution in [3.05, 3.63) is 58.7 Å². The van der Waals surface area contributed by atoms with Crippen molar-refractivity contribution in [3.63, 3.8) is 0 Å². The first-order chi connectivity index (χ1) is 13.8. The maximum Gasteiger partial charge on any atom is 0.412 e. The fourth-order valence-corrected chi connectivity index (χ4v) is 3.19. The number of primary amides is 1. The van der Waals surface area contributed by atoms with Gasteiger partial charge in [-0.1, -0.05) is 12.1 Å². The van der Waals surface area contributed by atoms with Crippen LogP contribution in [0.25, 0.3) is 0 Å². The van der Waals surface area contributed by atoms with Gasteiger partial charge in [-0.15, -0.1) is 0 Å². The smallest absolute Gasteiger partial charge is 0.376 e. The summed E-state index contributed by atoms with van der Waals surface area (Å²) in [6, 6.07) is 8.65. The van der Waals surface area contributed by atoms with E-state index in [1.54, 1.807) is 18.2 Å². The molecule has 0 unspecified atom stereocenters. The molecule has 0 aliphatic carbocycles. The van der Waals surface area contributed by atoms with Crippen LogP contribution in [0.4, 0.5) is 14.9 Å². The van der Waals surface area contributed by atoms with Crippen LogP contribution in [-0.4, -0.2) is 36.3 Å². The quantitative estimate of drug-likeness (QED) is 0.566. The minimum absolute atomic E-state index is 0.0319. The molecule has 0 atom stereocenters. The molecule has 0 spiro atoms. The molecule has 1 fully saturated rings. The number of nitrogens with zero attached hydrogens (tertiary/aromatic N) is 3. The number of rotatable bonds is 6. The number of amidine groups is 1. The number of aliphatic imine (C=N–C) groups is 1. The monoisotopic (exact) mass is 401 g/mol. The molecule has 2 aromatic rings. The zero-order chi connectivity index (χ0) is 21.0. The van der Waals surface area contributed by atoms with Crippen molar-refractivity contribution < 1.29 is 18.7 Å². The van der Waals surface area contributed by atoms with Crippen LogP contribution >= 0.6 is 0 Å². The van der Waals surface area contributed by atoms with Crippen LogP contribution in [0.2, 0.25) is 0 Å². The van der Waals surface area contributed by atoms with Gasteiger partial charge in [-0.05, 0) is 37.6 Å². The van der Waals surface area contributed by atoms with E-state index in [0.29, 0.717) is 30.9 Å². The molecule has 3 rings (SSSR count). The molecule has 154 valence electrons. The standard InChI is InChI=1S/C20H24FN5O3/c1-12-6-14(7-13(2)25-12)11-28-16-9-26(10-16)17-5-3-4-15(18(17)21)8-24-19(22)29-20(23)27/h3-7,16H,8-11H2,1-2H3,(H2,22,24)(H2,23,27). The normalized spacial score (nSPS) is 14.6. The van der Waals surface area contributed by atoms with E-state index >= 15 is 0 Å². The summed E-state index contributed by atoms with van der Waals surface area (Å²) in [5.74, 6) is -0.387. The number of hydrogen-bond acceptors (Lipinski definition) is 6. The number of halogens is 1. The highest BCUT2D eigenvalue weighted by molar-refractivity contribution is 5.84. The van der Waals surface area contributed by atoms with Gasteiger partial charge in [-0.25, -0.2) is 14.2 Å². The van der Waals surface area contributed by atoms with Crippen molar-refractivity contribution in [1.82, 2.24) is 4.98 Å². The maximum absolute atomic E-state index is 14.8. The molecule has 1 aromatic heterocycles. The van der Waals surface area contributed by atoms with Crippen molar-refractivity contribution in [3.8, 4) is 0 Å². The van der Waals surface area contributed by atoms with E-state index in [0.717, 1.165) is 17.0 Å². The summed E-state index contributed by atoms with van der Waals surface area (Å²) in [5.41, 5.74) is 14.1. The lowest BCUT2D eigenvalue weighted by molar-refractivity contribution is 0.0221. The molecule has 1 amide bonds. The van der Waals surface area contributed by atoms with Crippen LogP contribution in [0, 0.1) is 19.7 Å². The van der Waals surface area contributed by atoms with Crippen LogP contribution in [-0.2, 0) is 22.6 Å². The summed E-state index contributed by atoms with van der Waals surface area (Å²) in [7, 11) is 0. The summed E-state index contributed by atoms with van der Waals surface area (Å²) in [6.45, 7) is 5.54. The third-order valence-electron chi connectivity index (χ3n) is 4.48. The Hall–Kier alpha value is -3.20. The Bertz CT molecular complexity index is 908. The highest BCUT2D eigenvalue weighted by Gasteiger charge is 2.30. The molecule has 8 nitrogen and oxygen atoms in total. The molecule has 1 aliphatic rings. The Kier molecular flexibility index (Phi) is 6.28. The van der Waals surface area contributed by atoms with Crippen LogP contribution < -0.4 is 16.4 Å². The largest absolute Gasteiger partial charge is 0.412 e. The van der Waals surface area contributed by atoms with Crippen molar-refractivity contribution in [2.75, 3.05) is 18.0 Å². The van der Waals surface area contributed by atoms with Crippen molar-refractivity contribution >= 4 is 17.8 Å². The number of benzene rings is 1. The van der Waals surface area contributed by atoms with E-state index in [1.165, 1.54) is 0 Å². The van der Waals surface area contributed by atoms with E-state index in [2.05, 4.69) is 14.7 Å². The second-order valence-corrected chi connectivity index (χ2v) is 6.92. The number of aryl methyl sites for hydroxylation is 2. The van der Waals surface area contributed by atoms with E-state index < -0.39 is 12.1 Å². The molecule has 9 heteroatoms. The first kappa shape index (κ1) is 20.5. The van der Waals surface area contributed by atoms with Crippen molar-refractivity contribution in [2.24, 2.45) is 16.5 Å². The second-order valence-electron chi connectivity index (χ2n) is 6.92. The Labute approximate surface area is 168 Å². The molecule has 2 heterocycles. The Balaban J connectivity index is 1.55. The van der Waals surface area contributed by atoms with Gasteiger partial charge in [0.2, 0.25) is 0 Å². The number of hydrogen-bond donors (Lipinski definition) is 2. The zero-order valence-electron chi connectivity index (χ0n) is 16.4. The van der Waals surface area contributed by atoms with E-state index in [9.17, 15) is 9.18 Å². The Morgan fingerprint density at radius 1 is 1.28 bits per heavy atom. The van der Waals surface area contributed by atoms with Gasteiger partial charge in [0.15, 0.2) is 5.82 Å². The van der Waals surface area contributed by atoms with Gasteiger partial charge in [-0.2, -0.15) is 0 Å². The van der Waals surface area contributed by atoms with Crippen molar-refractivity contribution in [2.45, 2.75) is 33.1 Å². The van der Waals surface area contributed by atoms with E-state index in [1.807, 2.05) is 30.9 Å². The molecule has 0 bridgehead atoms. The minimum Gasteiger partial charge on any atom is -0.376 e. The fourth-order valence-electron chi connectivity index (χ4n) is 3.19. The number of carbonyl (C=O) groups is 1. The predicted octanol–water partition coefficient (Wildman–Crippen LogP) is 2.15. The second kappa shape index (κ2) is 8.87. The average molecular weight is 401 g/mol. The zero-order valence-corrected chi connectivity index (χ0v) is 16.4.